The lowest BCUT2D eigenvalue weighted by Gasteiger charge is -2.12. The number of fused-ring (bicyclic) bond motifs is 1. The van der Waals surface area contributed by atoms with Crippen molar-refractivity contribution in [3.63, 3.8) is 0 Å². The Hall–Kier alpha value is -3.62. The van der Waals surface area contributed by atoms with Crippen molar-refractivity contribution in [3.05, 3.63) is 48.5 Å². The predicted octanol–water partition coefficient (Wildman–Crippen LogP) is 2.52. The maximum atomic E-state index is 11.6. The Morgan fingerprint density at radius 2 is 2.04 bits per heavy atom. The molecular weight excluding hydrogens is 338 g/mol. The van der Waals surface area contributed by atoms with Gasteiger partial charge in [0.25, 0.3) is 0 Å². The fourth-order valence-electron chi connectivity index (χ4n) is 2.33. The monoisotopic (exact) mass is 355 g/mol. The summed E-state index contributed by atoms with van der Waals surface area (Å²) in [6.07, 6.45) is 1.78. The molecule has 0 unspecified atom stereocenters. The van der Waals surface area contributed by atoms with E-state index in [2.05, 4.69) is 15.3 Å². The Balaban J connectivity index is 1.74. The first-order chi connectivity index (χ1) is 12.4. The Morgan fingerprint density at radius 3 is 2.77 bits per heavy atom. The normalized spacial score (nSPS) is 10.5. The molecular formula is C17H17N5O4. The lowest BCUT2D eigenvalue weighted by molar-refractivity contribution is 0.197. The molecule has 134 valence electrons. The summed E-state index contributed by atoms with van der Waals surface area (Å²) in [5.41, 5.74) is 1.17. The summed E-state index contributed by atoms with van der Waals surface area (Å²) >= 11 is 0. The Morgan fingerprint density at radius 1 is 1.23 bits per heavy atom. The van der Waals surface area contributed by atoms with E-state index in [0.29, 0.717) is 22.8 Å². The van der Waals surface area contributed by atoms with Crippen molar-refractivity contribution in [2.75, 3.05) is 14.1 Å². The zero-order valence-electron chi connectivity index (χ0n) is 14.2. The van der Waals surface area contributed by atoms with Gasteiger partial charge in [0.1, 0.15) is 12.1 Å². The van der Waals surface area contributed by atoms with Crippen LogP contribution in [0.25, 0.3) is 10.9 Å². The minimum absolute atomic E-state index is 0.223. The van der Waals surface area contributed by atoms with Gasteiger partial charge in [0, 0.05) is 31.7 Å². The molecule has 2 heterocycles. The van der Waals surface area contributed by atoms with E-state index in [9.17, 15) is 9.59 Å². The Kier molecular flexibility index (Phi) is 4.70. The quantitative estimate of drug-likeness (QED) is 0.744. The van der Waals surface area contributed by atoms with Crippen molar-refractivity contribution < 1.29 is 19.4 Å². The summed E-state index contributed by atoms with van der Waals surface area (Å²) in [6, 6.07) is 8.15. The van der Waals surface area contributed by atoms with Gasteiger partial charge < -0.3 is 20.1 Å². The number of hydrogen-bond acceptors (Lipinski definition) is 5. The second kappa shape index (κ2) is 7.09. The summed E-state index contributed by atoms with van der Waals surface area (Å²) in [4.78, 5) is 32.3. The molecule has 0 bridgehead atoms. The average molecular weight is 355 g/mol. The summed E-state index contributed by atoms with van der Waals surface area (Å²) in [6.45, 7) is 0.246. The van der Waals surface area contributed by atoms with Crippen molar-refractivity contribution in [2.24, 2.45) is 0 Å². The largest absolute Gasteiger partial charge is 0.464 e. The summed E-state index contributed by atoms with van der Waals surface area (Å²) in [5, 5.41) is 12.6. The van der Waals surface area contributed by atoms with Gasteiger partial charge in [-0.3, -0.25) is 4.57 Å². The summed E-state index contributed by atoms with van der Waals surface area (Å²) < 4.78 is 6.85. The van der Waals surface area contributed by atoms with Gasteiger partial charge in [-0.25, -0.2) is 19.6 Å². The highest BCUT2D eigenvalue weighted by atomic mass is 16.5. The van der Waals surface area contributed by atoms with Gasteiger partial charge in [0.15, 0.2) is 0 Å². The van der Waals surface area contributed by atoms with E-state index < -0.39 is 6.09 Å². The molecule has 0 saturated heterocycles. The number of ether oxygens (including phenoxy) is 1. The third kappa shape index (κ3) is 3.72. The second-order valence-corrected chi connectivity index (χ2v) is 5.69. The molecule has 9 heteroatoms. The average Bonchev–Trinajstić information content (AvgIpc) is 3.03. The highest BCUT2D eigenvalue weighted by molar-refractivity contribution is 5.89. The number of carbonyl (C=O) groups excluding carboxylic acids is 1. The molecule has 2 N–H and O–H groups in total. The highest BCUT2D eigenvalue weighted by Gasteiger charge is 2.09. The van der Waals surface area contributed by atoms with E-state index in [1.165, 1.54) is 17.4 Å². The van der Waals surface area contributed by atoms with Gasteiger partial charge in [0.05, 0.1) is 17.8 Å². The third-order valence-electron chi connectivity index (χ3n) is 3.62. The van der Waals surface area contributed by atoms with Crippen LogP contribution in [-0.2, 0) is 6.54 Å². The molecule has 2 aromatic heterocycles. The first kappa shape index (κ1) is 17.2. The number of urea groups is 1. The van der Waals surface area contributed by atoms with Crippen molar-refractivity contribution in [2.45, 2.75) is 6.54 Å². The van der Waals surface area contributed by atoms with Crippen LogP contribution in [0.1, 0.15) is 5.69 Å². The molecule has 3 rings (SSSR count). The van der Waals surface area contributed by atoms with Gasteiger partial charge in [-0.2, -0.15) is 0 Å². The molecule has 1 aromatic carbocycles. The maximum Gasteiger partial charge on any atom is 0.415 e. The minimum Gasteiger partial charge on any atom is -0.464 e. The number of aromatic nitrogens is 3. The Bertz CT molecular complexity index is 967. The standard InChI is InChI=1S/C17H17N5O4/c1-21(2)16(23)18-9-12-8-15(20-10-19-12)26-13-3-4-14-11(7-13)5-6-22(14)17(24)25/h3-8,10H,9H2,1-2H3,(H,18,23)(H,24,25). The van der Waals surface area contributed by atoms with Crippen molar-refractivity contribution in [1.82, 2.24) is 24.8 Å². The number of carboxylic acid groups (broad SMARTS) is 1. The lowest BCUT2D eigenvalue weighted by Crippen LogP contribution is -2.34. The highest BCUT2D eigenvalue weighted by Crippen LogP contribution is 2.25. The first-order valence-corrected chi connectivity index (χ1v) is 7.72. The van der Waals surface area contributed by atoms with E-state index in [1.807, 2.05) is 0 Å². The van der Waals surface area contributed by atoms with Crippen LogP contribution in [0.15, 0.2) is 42.9 Å². The molecule has 9 nitrogen and oxygen atoms in total. The number of nitrogens with one attached hydrogen (secondary N) is 1. The van der Waals surface area contributed by atoms with E-state index >= 15 is 0 Å². The van der Waals surface area contributed by atoms with Crippen LogP contribution < -0.4 is 10.1 Å². The van der Waals surface area contributed by atoms with E-state index in [-0.39, 0.29) is 12.6 Å². The van der Waals surface area contributed by atoms with Crippen LogP contribution in [0, 0.1) is 0 Å². The molecule has 0 fully saturated rings. The zero-order chi connectivity index (χ0) is 18.7. The van der Waals surface area contributed by atoms with Crippen LogP contribution in [-0.4, -0.2) is 50.8 Å². The molecule has 0 aliphatic carbocycles. The molecule has 0 saturated carbocycles. The van der Waals surface area contributed by atoms with Crippen LogP contribution >= 0.6 is 0 Å². The van der Waals surface area contributed by atoms with Crippen molar-refractivity contribution in [3.8, 4) is 11.6 Å². The van der Waals surface area contributed by atoms with Gasteiger partial charge in [0.2, 0.25) is 5.88 Å². The first-order valence-electron chi connectivity index (χ1n) is 7.72. The van der Waals surface area contributed by atoms with Gasteiger partial charge in [-0.1, -0.05) is 0 Å². The zero-order valence-corrected chi connectivity index (χ0v) is 14.2. The number of benzene rings is 1. The van der Waals surface area contributed by atoms with E-state index in [4.69, 9.17) is 9.84 Å². The molecule has 26 heavy (non-hydrogen) atoms. The van der Waals surface area contributed by atoms with E-state index in [0.717, 1.165) is 9.95 Å². The Labute approximate surface area is 148 Å². The van der Waals surface area contributed by atoms with Crippen molar-refractivity contribution >= 4 is 23.0 Å². The molecule has 0 atom stereocenters. The number of amides is 2. The molecule has 0 aliphatic heterocycles. The number of rotatable bonds is 4. The molecule has 0 aliphatic rings. The summed E-state index contributed by atoms with van der Waals surface area (Å²) in [5.74, 6) is 0.841. The molecule has 2 amide bonds. The third-order valence-corrected chi connectivity index (χ3v) is 3.62. The number of nitrogens with zero attached hydrogens (tertiary/aromatic N) is 4. The minimum atomic E-state index is -1.05. The second-order valence-electron chi connectivity index (χ2n) is 5.69. The fraction of sp³-hybridized carbons (Fsp3) is 0.176. The van der Waals surface area contributed by atoms with Gasteiger partial charge >= 0.3 is 12.1 Å². The number of hydrogen-bond donors (Lipinski definition) is 2. The summed E-state index contributed by atoms with van der Waals surface area (Å²) in [7, 11) is 3.30. The fourth-order valence-corrected chi connectivity index (χ4v) is 2.33. The number of carbonyl (C=O) groups is 2. The SMILES string of the molecule is CN(C)C(=O)NCc1cc(Oc2ccc3c(ccn3C(=O)O)c2)ncn1. The molecule has 0 spiro atoms. The van der Waals surface area contributed by atoms with Gasteiger partial charge in [-0.05, 0) is 24.3 Å². The topological polar surface area (TPSA) is 110 Å². The lowest BCUT2D eigenvalue weighted by atomic mass is 10.2. The van der Waals surface area contributed by atoms with Crippen LogP contribution in [0.2, 0.25) is 0 Å². The van der Waals surface area contributed by atoms with Crippen LogP contribution in [0.5, 0.6) is 11.6 Å². The molecule has 0 radical (unpaired) electrons. The van der Waals surface area contributed by atoms with Crippen LogP contribution in [0.4, 0.5) is 9.59 Å². The van der Waals surface area contributed by atoms with Gasteiger partial charge in [-0.15, -0.1) is 0 Å². The maximum absolute atomic E-state index is 11.6. The van der Waals surface area contributed by atoms with E-state index in [1.54, 1.807) is 44.4 Å². The smallest absolute Gasteiger partial charge is 0.415 e. The van der Waals surface area contributed by atoms with Crippen LogP contribution in [0.3, 0.4) is 0 Å². The predicted molar refractivity (Wildman–Crippen MR) is 93.4 cm³/mol. The van der Waals surface area contributed by atoms with Crippen molar-refractivity contribution in [1.29, 1.82) is 0 Å². The molecule has 3 aromatic rings.